The standard InChI is InChI=1S/C15H37PSi2/c1-12(2)18(13(3)4,14(5)6)16-17(10,11)15(7,8)9/h12-14,16H,1-11H3. The third-order valence-corrected chi connectivity index (χ3v) is 36.0. The van der Waals surface area contributed by atoms with Crippen molar-refractivity contribution in [3.8, 4) is 0 Å². The lowest BCUT2D eigenvalue weighted by atomic mass is 10.2. The van der Waals surface area contributed by atoms with Gasteiger partial charge in [0.1, 0.15) is 0 Å². The van der Waals surface area contributed by atoms with Crippen molar-refractivity contribution in [1.29, 1.82) is 0 Å². The van der Waals surface area contributed by atoms with Crippen molar-refractivity contribution < 1.29 is 0 Å². The average molecular weight is 305 g/mol. The van der Waals surface area contributed by atoms with E-state index in [1.807, 2.05) is 0 Å². The van der Waals surface area contributed by atoms with Crippen LogP contribution in [-0.4, -0.2) is 15.5 Å². The Morgan fingerprint density at radius 2 is 1.00 bits per heavy atom. The molecule has 3 heteroatoms. The summed E-state index contributed by atoms with van der Waals surface area (Å²) in [5, 5.41) is 0.544. The molecule has 0 fully saturated rings. The molecule has 0 bridgehead atoms. The summed E-state index contributed by atoms with van der Waals surface area (Å²) < 4.78 is 0. The first kappa shape index (κ1) is 18.9. The third-order valence-electron chi connectivity index (χ3n) is 5.27. The highest BCUT2D eigenvalue weighted by Crippen LogP contribution is 2.61. The zero-order valence-corrected chi connectivity index (χ0v) is 17.7. The fraction of sp³-hybridized carbons (Fsp3) is 1.00. The topological polar surface area (TPSA) is 0 Å². The number of rotatable bonds is 5. The SMILES string of the molecule is CC(C)[Si](P[Si](C)(C)C(C)(C)C)(C(C)C)C(C)C. The molecule has 0 aliphatic heterocycles. The van der Waals surface area contributed by atoms with Gasteiger partial charge in [-0.2, -0.15) is 0 Å². The first-order valence-electron chi connectivity index (χ1n) is 7.58. The minimum Gasteiger partial charge on any atom is -0.143 e. The quantitative estimate of drug-likeness (QED) is 0.385. The first-order chi connectivity index (χ1) is 7.79. The van der Waals surface area contributed by atoms with Gasteiger partial charge in [-0.15, -0.1) is 7.68 Å². The molecule has 0 radical (unpaired) electrons. The highest BCUT2D eigenvalue weighted by atomic mass is 31.6. The van der Waals surface area contributed by atoms with Crippen molar-refractivity contribution in [2.45, 2.75) is 97.1 Å². The maximum Gasteiger partial charge on any atom is 0.0816 e. The van der Waals surface area contributed by atoms with Gasteiger partial charge in [0.25, 0.3) is 0 Å². The minimum absolute atomic E-state index is 0.544. The molecule has 0 aromatic heterocycles. The van der Waals surface area contributed by atoms with Crippen LogP contribution in [-0.2, 0) is 0 Å². The van der Waals surface area contributed by atoms with E-state index in [1.165, 1.54) is 7.68 Å². The molecular weight excluding hydrogens is 267 g/mol. The van der Waals surface area contributed by atoms with Crippen LogP contribution >= 0.6 is 7.68 Å². The molecule has 0 heterocycles. The van der Waals surface area contributed by atoms with E-state index in [9.17, 15) is 0 Å². The molecule has 1 unspecified atom stereocenters. The predicted octanol–water partition coefficient (Wildman–Crippen LogP) is 6.85. The Labute approximate surface area is 120 Å². The van der Waals surface area contributed by atoms with Crippen molar-refractivity contribution in [3.63, 3.8) is 0 Å². The summed E-state index contributed by atoms with van der Waals surface area (Å²) in [7, 11) is -1.03. The van der Waals surface area contributed by atoms with Crippen LogP contribution < -0.4 is 0 Å². The van der Waals surface area contributed by atoms with E-state index < -0.39 is 15.5 Å². The van der Waals surface area contributed by atoms with Gasteiger partial charge in [-0.1, -0.05) is 75.4 Å². The molecule has 0 spiro atoms. The summed E-state index contributed by atoms with van der Waals surface area (Å²) in [4.78, 5) is 0. The fourth-order valence-corrected chi connectivity index (χ4v) is 37.4. The van der Waals surface area contributed by atoms with Crippen LogP contribution in [0.4, 0.5) is 0 Å². The Balaban J connectivity index is 5.52. The maximum absolute atomic E-state index is 2.64. The van der Waals surface area contributed by atoms with E-state index in [2.05, 4.69) is 75.4 Å². The van der Waals surface area contributed by atoms with E-state index in [4.69, 9.17) is 0 Å². The zero-order valence-electron chi connectivity index (χ0n) is 14.7. The van der Waals surface area contributed by atoms with E-state index in [1.54, 1.807) is 0 Å². The molecule has 0 nitrogen and oxygen atoms in total. The minimum atomic E-state index is -1.18. The third kappa shape index (κ3) is 3.70. The second-order valence-corrected chi connectivity index (χ2v) is 28.1. The summed E-state index contributed by atoms with van der Waals surface area (Å²) in [6.45, 7) is 27.8. The Kier molecular flexibility index (Phi) is 6.39. The van der Waals surface area contributed by atoms with Crippen LogP contribution in [0.5, 0.6) is 0 Å². The molecule has 110 valence electrons. The van der Waals surface area contributed by atoms with E-state index in [0.29, 0.717) is 5.04 Å². The lowest BCUT2D eigenvalue weighted by Crippen LogP contribution is -2.47. The number of hydrogen-bond acceptors (Lipinski definition) is 0. The molecule has 18 heavy (non-hydrogen) atoms. The van der Waals surface area contributed by atoms with Gasteiger partial charge in [-0.25, -0.2) is 0 Å². The molecular formula is C15H37PSi2. The first-order valence-corrected chi connectivity index (χ1v) is 15.8. The summed E-state index contributed by atoms with van der Waals surface area (Å²) in [6, 6.07) is 0. The van der Waals surface area contributed by atoms with Crippen molar-refractivity contribution in [2.24, 2.45) is 0 Å². The normalized spacial score (nSPS) is 15.7. The van der Waals surface area contributed by atoms with Gasteiger partial charge in [0, 0.05) is 0 Å². The van der Waals surface area contributed by atoms with E-state index in [0.717, 1.165) is 16.6 Å². The summed E-state index contributed by atoms with van der Waals surface area (Å²) in [5.41, 5.74) is 2.76. The van der Waals surface area contributed by atoms with Crippen LogP contribution in [0.3, 0.4) is 0 Å². The molecule has 0 rings (SSSR count). The zero-order chi connectivity index (χ0) is 14.9. The van der Waals surface area contributed by atoms with Crippen LogP contribution in [0.1, 0.15) is 62.3 Å². The smallest absolute Gasteiger partial charge is 0.0816 e. The average Bonchev–Trinajstić information content (AvgIpc) is 2.10. The molecule has 0 aliphatic rings. The molecule has 0 saturated carbocycles. The molecule has 0 saturated heterocycles. The summed E-state index contributed by atoms with van der Waals surface area (Å²) in [6.07, 6.45) is 0. The van der Waals surface area contributed by atoms with Gasteiger partial charge >= 0.3 is 0 Å². The summed E-state index contributed by atoms with van der Waals surface area (Å²) >= 11 is 0. The maximum atomic E-state index is 2.64. The van der Waals surface area contributed by atoms with E-state index >= 15 is 0 Å². The Morgan fingerprint density at radius 3 is 1.17 bits per heavy atom. The Morgan fingerprint density at radius 1 is 0.722 bits per heavy atom. The largest absolute Gasteiger partial charge is 0.143 e. The molecule has 1 atom stereocenters. The van der Waals surface area contributed by atoms with Crippen LogP contribution in [0, 0.1) is 0 Å². The molecule has 0 N–H and O–H groups in total. The van der Waals surface area contributed by atoms with Gasteiger partial charge in [0.2, 0.25) is 0 Å². The fourth-order valence-electron chi connectivity index (χ4n) is 3.16. The van der Waals surface area contributed by atoms with Crippen LogP contribution in [0.2, 0.25) is 34.8 Å². The second kappa shape index (κ2) is 6.10. The van der Waals surface area contributed by atoms with Gasteiger partial charge in [0.15, 0.2) is 0 Å². The van der Waals surface area contributed by atoms with Gasteiger partial charge in [0.05, 0.1) is 15.5 Å². The lowest BCUT2D eigenvalue weighted by Gasteiger charge is -2.51. The summed E-state index contributed by atoms with van der Waals surface area (Å²) in [5.74, 6) is 0. The molecule has 0 aromatic rings. The lowest BCUT2D eigenvalue weighted by molar-refractivity contribution is 0.736. The van der Waals surface area contributed by atoms with Gasteiger partial charge in [-0.05, 0) is 21.7 Å². The highest BCUT2D eigenvalue weighted by Gasteiger charge is 2.49. The van der Waals surface area contributed by atoms with Crippen molar-refractivity contribution in [3.05, 3.63) is 0 Å². The van der Waals surface area contributed by atoms with Gasteiger partial charge in [-0.3, -0.25) is 0 Å². The van der Waals surface area contributed by atoms with Crippen LogP contribution in [0.15, 0.2) is 0 Å². The predicted molar refractivity (Wildman–Crippen MR) is 96.6 cm³/mol. The van der Waals surface area contributed by atoms with Crippen molar-refractivity contribution in [1.82, 2.24) is 0 Å². The number of hydrogen-bond donors (Lipinski definition) is 0. The Hall–Kier alpha value is 0.864. The highest BCUT2D eigenvalue weighted by molar-refractivity contribution is 8.08. The van der Waals surface area contributed by atoms with Gasteiger partial charge < -0.3 is 0 Å². The monoisotopic (exact) mass is 304 g/mol. The van der Waals surface area contributed by atoms with E-state index in [-0.39, 0.29) is 0 Å². The molecule has 0 aromatic carbocycles. The van der Waals surface area contributed by atoms with Crippen molar-refractivity contribution >= 4 is 23.2 Å². The Bertz CT molecular complexity index is 240. The van der Waals surface area contributed by atoms with Crippen LogP contribution in [0.25, 0.3) is 0 Å². The van der Waals surface area contributed by atoms with Crippen molar-refractivity contribution in [2.75, 3.05) is 0 Å². The molecule has 0 amide bonds. The second-order valence-electron chi connectivity index (χ2n) is 8.40. The molecule has 0 aliphatic carbocycles.